The Morgan fingerprint density at radius 2 is 2.28 bits per heavy atom. The van der Waals surface area contributed by atoms with Crippen molar-refractivity contribution in [2.24, 2.45) is 0 Å². The van der Waals surface area contributed by atoms with E-state index in [-0.39, 0.29) is 6.10 Å². The van der Waals surface area contributed by atoms with E-state index in [9.17, 15) is 0 Å². The fourth-order valence-electron chi connectivity index (χ4n) is 1.46. The number of aromatic nitrogens is 1. The van der Waals surface area contributed by atoms with Gasteiger partial charge >= 0.3 is 0 Å². The van der Waals surface area contributed by atoms with E-state index in [1.807, 2.05) is 13.8 Å². The number of unbranched alkanes of at least 4 members (excludes halogenated alkanes) is 1. The van der Waals surface area contributed by atoms with Gasteiger partial charge in [-0.3, -0.25) is 0 Å². The number of anilines is 2. The second kappa shape index (κ2) is 7.51. The fourth-order valence-corrected chi connectivity index (χ4v) is 1.46. The molecule has 0 radical (unpaired) electrons. The van der Waals surface area contributed by atoms with Crippen molar-refractivity contribution in [2.75, 3.05) is 24.2 Å². The molecule has 98 valence electrons. The third kappa shape index (κ3) is 5.02. The van der Waals surface area contributed by atoms with E-state index in [1.165, 1.54) is 0 Å². The summed E-state index contributed by atoms with van der Waals surface area (Å²) in [6, 6.07) is 3.70. The lowest BCUT2D eigenvalue weighted by molar-refractivity contribution is 0.0765. The molecule has 5 heteroatoms. The summed E-state index contributed by atoms with van der Waals surface area (Å²) in [6.45, 7) is 5.58. The van der Waals surface area contributed by atoms with Gasteiger partial charge in [-0.25, -0.2) is 4.98 Å². The molecule has 0 saturated carbocycles. The number of pyridine rings is 1. The normalized spacial score (nSPS) is 10.3. The van der Waals surface area contributed by atoms with Crippen LogP contribution in [0.2, 0.25) is 0 Å². The summed E-state index contributed by atoms with van der Waals surface area (Å²) in [5, 5.41) is 12.1. The van der Waals surface area contributed by atoms with Crippen LogP contribution in [-0.2, 0) is 4.74 Å². The lowest BCUT2D eigenvalue weighted by Crippen LogP contribution is -2.08. The number of rotatable bonds is 7. The number of hydrogen-bond acceptors (Lipinski definition) is 5. The van der Waals surface area contributed by atoms with Gasteiger partial charge in [0.1, 0.15) is 11.9 Å². The Hall–Kier alpha value is -1.80. The van der Waals surface area contributed by atoms with Crippen LogP contribution in [0.25, 0.3) is 0 Å². The minimum atomic E-state index is 0.280. The Labute approximate surface area is 108 Å². The van der Waals surface area contributed by atoms with Crippen LogP contribution >= 0.6 is 0 Å². The molecule has 0 bridgehead atoms. The molecule has 1 aromatic heterocycles. The van der Waals surface area contributed by atoms with Gasteiger partial charge in [-0.15, -0.1) is 0 Å². The molecule has 0 aromatic carbocycles. The highest BCUT2D eigenvalue weighted by Crippen LogP contribution is 2.14. The van der Waals surface area contributed by atoms with E-state index in [0.717, 1.165) is 26.0 Å². The van der Waals surface area contributed by atoms with Crippen LogP contribution in [0.1, 0.15) is 32.3 Å². The maximum atomic E-state index is 8.94. The van der Waals surface area contributed by atoms with Gasteiger partial charge < -0.3 is 15.8 Å². The van der Waals surface area contributed by atoms with Crippen LogP contribution in [-0.4, -0.2) is 24.2 Å². The lowest BCUT2D eigenvalue weighted by atomic mass is 10.2. The van der Waals surface area contributed by atoms with E-state index in [2.05, 4.69) is 16.4 Å². The molecule has 18 heavy (non-hydrogen) atoms. The van der Waals surface area contributed by atoms with Crippen molar-refractivity contribution in [3.05, 3.63) is 17.8 Å². The van der Waals surface area contributed by atoms with E-state index >= 15 is 0 Å². The molecular formula is C13H20N4O. The molecule has 5 nitrogen and oxygen atoms in total. The maximum absolute atomic E-state index is 8.94. The first-order valence-electron chi connectivity index (χ1n) is 6.14. The average molecular weight is 248 g/mol. The zero-order valence-corrected chi connectivity index (χ0v) is 10.9. The first-order chi connectivity index (χ1) is 8.63. The monoisotopic (exact) mass is 248 g/mol. The molecular weight excluding hydrogens is 228 g/mol. The highest BCUT2D eigenvalue weighted by molar-refractivity contribution is 5.57. The molecule has 0 saturated heterocycles. The van der Waals surface area contributed by atoms with Gasteiger partial charge in [-0.2, -0.15) is 5.26 Å². The number of nitriles is 1. The summed E-state index contributed by atoms with van der Waals surface area (Å²) in [4.78, 5) is 4.11. The third-order valence-corrected chi connectivity index (χ3v) is 2.34. The van der Waals surface area contributed by atoms with Crippen molar-refractivity contribution in [3.63, 3.8) is 0 Å². The Balaban J connectivity index is 2.29. The highest BCUT2D eigenvalue weighted by atomic mass is 16.5. The molecule has 0 aliphatic carbocycles. The number of nitrogen functional groups attached to an aromatic ring is 1. The molecule has 1 aromatic rings. The molecule has 0 unspecified atom stereocenters. The minimum absolute atomic E-state index is 0.280. The molecule has 0 atom stereocenters. The minimum Gasteiger partial charge on any atom is -0.397 e. The van der Waals surface area contributed by atoms with Crippen LogP contribution in [0.5, 0.6) is 0 Å². The molecule has 3 N–H and O–H groups in total. The Bertz CT molecular complexity index is 412. The predicted octanol–water partition coefficient (Wildman–Crippen LogP) is 2.15. The molecule has 1 heterocycles. The van der Waals surface area contributed by atoms with E-state index in [1.54, 1.807) is 12.3 Å². The average Bonchev–Trinajstić information content (AvgIpc) is 2.34. The summed E-state index contributed by atoms with van der Waals surface area (Å²) in [7, 11) is 0. The number of nitrogens with two attached hydrogens (primary N) is 1. The second-order valence-corrected chi connectivity index (χ2v) is 4.33. The topological polar surface area (TPSA) is 84.0 Å². The van der Waals surface area contributed by atoms with Crippen LogP contribution in [0, 0.1) is 11.3 Å². The largest absolute Gasteiger partial charge is 0.397 e. The van der Waals surface area contributed by atoms with Crippen LogP contribution in [0.3, 0.4) is 0 Å². The standard InChI is InChI=1S/C13H20N4O/c1-10(2)18-6-4-3-5-16-13-11(8-14)7-12(15)9-17-13/h7,9-10H,3-6,15H2,1-2H3,(H,16,17). The number of ether oxygens (including phenoxy) is 1. The van der Waals surface area contributed by atoms with Gasteiger partial charge in [0.25, 0.3) is 0 Å². The van der Waals surface area contributed by atoms with Crippen molar-refractivity contribution in [2.45, 2.75) is 32.8 Å². The lowest BCUT2D eigenvalue weighted by Gasteiger charge is -2.09. The summed E-state index contributed by atoms with van der Waals surface area (Å²) in [5.74, 6) is 0.594. The summed E-state index contributed by atoms with van der Waals surface area (Å²) < 4.78 is 5.44. The van der Waals surface area contributed by atoms with Gasteiger partial charge in [0.05, 0.1) is 23.6 Å². The van der Waals surface area contributed by atoms with Crippen molar-refractivity contribution in [1.82, 2.24) is 4.98 Å². The first kappa shape index (κ1) is 14.3. The predicted molar refractivity (Wildman–Crippen MR) is 72.2 cm³/mol. The maximum Gasteiger partial charge on any atom is 0.144 e. The zero-order chi connectivity index (χ0) is 13.4. The third-order valence-electron chi connectivity index (χ3n) is 2.34. The quantitative estimate of drug-likeness (QED) is 0.722. The van der Waals surface area contributed by atoms with Gasteiger partial charge in [-0.1, -0.05) is 0 Å². The van der Waals surface area contributed by atoms with Crippen LogP contribution in [0.15, 0.2) is 12.3 Å². The smallest absolute Gasteiger partial charge is 0.144 e. The summed E-state index contributed by atoms with van der Waals surface area (Å²) in [5.41, 5.74) is 6.55. The Morgan fingerprint density at radius 3 is 2.94 bits per heavy atom. The second-order valence-electron chi connectivity index (χ2n) is 4.33. The Kier molecular flexibility index (Phi) is 5.95. The molecule has 0 spiro atoms. The molecule has 0 amide bonds. The number of nitrogens with one attached hydrogen (secondary N) is 1. The summed E-state index contributed by atoms with van der Waals surface area (Å²) in [6.07, 6.45) is 3.79. The van der Waals surface area contributed by atoms with E-state index < -0.39 is 0 Å². The first-order valence-corrected chi connectivity index (χ1v) is 6.14. The van der Waals surface area contributed by atoms with Crippen LogP contribution in [0.4, 0.5) is 11.5 Å². The van der Waals surface area contributed by atoms with Gasteiger partial charge in [0.15, 0.2) is 0 Å². The van der Waals surface area contributed by atoms with Crippen LogP contribution < -0.4 is 11.1 Å². The Morgan fingerprint density at radius 1 is 1.50 bits per heavy atom. The van der Waals surface area contributed by atoms with Gasteiger partial charge in [0.2, 0.25) is 0 Å². The molecule has 1 rings (SSSR count). The van der Waals surface area contributed by atoms with Crippen molar-refractivity contribution in [1.29, 1.82) is 5.26 Å². The molecule has 0 aliphatic rings. The zero-order valence-electron chi connectivity index (χ0n) is 10.9. The number of hydrogen-bond donors (Lipinski definition) is 2. The van der Waals surface area contributed by atoms with Crippen molar-refractivity contribution < 1.29 is 4.74 Å². The summed E-state index contributed by atoms with van der Waals surface area (Å²) >= 11 is 0. The van der Waals surface area contributed by atoms with Gasteiger partial charge in [0, 0.05) is 13.2 Å². The number of nitrogens with zero attached hydrogens (tertiary/aromatic N) is 2. The molecule has 0 aliphatic heterocycles. The SMILES string of the molecule is CC(C)OCCCCNc1ncc(N)cc1C#N. The highest BCUT2D eigenvalue weighted by Gasteiger charge is 2.03. The van der Waals surface area contributed by atoms with E-state index in [4.69, 9.17) is 15.7 Å². The van der Waals surface area contributed by atoms with Crippen molar-refractivity contribution >= 4 is 11.5 Å². The molecule has 0 fully saturated rings. The van der Waals surface area contributed by atoms with E-state index in [0.29, 0.717) is 17.1 Å². The van der Waals surface area contributed by atoms with Gasteiger partial charge in [-0.05, 0) is 32.8 Å². The fraction of sp³-hybridized carbons (Fsp3) is 0.538. The van der Waals surface area contributed by atoms with Crippen molar-refractivity contribution in [3.8, 4) is 6.07 Å².